The first-order valence-electron chi connectivity index (χ1n) is 6.05. The van der Waals surface area contributed by atoms with Crippen molar-refractivity contribution in [3.8, 4) is 0 Å². The first-order chi connectivity index (χ1) is 8.72. The van der Waals surface area contributed by atoms with Crippen LogP contribution in [0.3, 0.4) is 0 Å². The molecule has 0 aliphatic rings. The van der Waals surface area contributed by atoms with Crippen molar-refractivity contribution in [2.45, 2.75) is 25.8 Å². The van der Waals surface area contributed by atoms with Crippen LogP contribution in [0.15, 0.2) is 30.6 Å². The van der Waals surface area contributed by atoms with E-state index in [1.807, 2.05) is 41.9 Å². The summed E-state index contributed by atoms with van der Waals surface area (Å²) in [6, 6.07) is 5.54. The van der Waals surface area contributed by atoms with Gasteiger partial charge in [0.15, 0.2) is 0 Å². The van der Waals surface area contributed by atoms with Gasteiger partial charge in [-0.05, 0) is 18.6 Å². The van der Waals surface area contributed by atoms with Gasteiger partial charge < -0.3 is 14.8 Å². The van der Waals surface area contributed by atoms with Crippen molar-refractivity contribution in [3.63, 3.8) is 0 Å². The number of aliphatic hydroxyl groups excluding tert-OH is 1. The Labute approximate surface area is 105 Å². The normalized spacial score (nSPS) is 12.6. The zero-order chi connectivity index (χ0) is 13.0. The number of pyridine rings is 1. The second-order valence-electron chi connectivity index (χ2n) is 4.23. The van der Waals surface area contributed by atoms with Crippen molar-refractivity contribution >= 4 is 11.6 Å². The number of aromatic nitrogens is 2. The molecule has 0 saturated carbocycles. The Morgan fingerprint density at radius 1 is 1.56 bits per heavy atom. The molecule has 0 aromatic carbocycles. The van der Waals surface area contributed by atoms with Gasteiger partial charge in [-0.1, -0.05) is 13.0 Å². The summed E-state index contributed by atoms with van der Waals surface area (Å²) < 4.78 is 1.88. The summed E-state index contributed by atoms with van der Waals surface area (Å²) in [5, 5.41) is 11.8. The molecule has 0 radical (unpaired) electrons. The molecule has 5 nitrogen and oxygen atoms in total. The third-order valence-electron chi connectivity index (χ3n) is 2.83. The summed E-state index contributed by atoms with van der Waals surface area (Å²) in [7, 11) is 0. The highest BCUT2D eigenvalue weighted by Gasteiger charge is 2.11. The Hall–Kier alpha value is -1.88. The van der Waals surface area contributed by atoms with Crippen LogP contribution in [0.1, 0.15) is 19.0 Å². The molecule has 0 fully saturated rings. The fraction of sp³-hybridized carbons (Fsp3) is 0.385. The maximum Gasteiger partial charge on any atom is 0.226 e. The number of carbonyl (C=O) groups excluding carboxylic acids is 1. The first-order valence-corrected chi connectivity index (χ1v) is 6.05. The Kier molecular flexibility index (Phi) is 3.94. The van der Waals surface area contributed by atoms with Crippen LogP contribution in [0.4, 0.5) is 0 Å². The zero-order valence-electron chi connectivity index (χ0n) is 10.3. The highest BCUT2D eigenvalue weighted by Crippen LogP contribution is 2.05. The van der Waals surface area contributed by atoms with Crippen LogP contribution in [0.25, 0.3) is 5.65 Å². The lowest BCUT2D eigenvalue weighted by atomic mass is 10.2. The van der Waals surface area contributed by atoms with Crippen molar-refractivity contribution in [1.82, 2.24) is 14.7 Å². The van der Waals surface area contributed by atoms with E-state index in [-0.39, 0.29) is 25.0 Å². The average molecular weight is 247 g/mol. The maximum atomic E-state index is 11.7. The lowest BCUT2D eigenvalue weighted by Gasteiger charge is -2.13. The van der Waals surface area contributed by atoms with Crippen molar-refractivity contribution in [2.75, 3.05) is 6.61 Å². The van der Waals surface area contributed by atoms with E-state index in [9.17, 15) is 4.79 Å². The molecule has 2 aromatic heterocycles. The van der Waals surface area contributed by atoms with Gasteiger partial charge in [-0.3, -0.25) is 4.79 Å². The van der Waals surface area contributed by atoms with Crippen LogP contribution >= 0.6 is 0 Å². The maximum absolute atomic E-state index is 11.7. The Bertz CT molecular complexity index is 499. The van der Waals surface area contributed by atoms with Crippen molar-refractivity contribution < 1.29 is 9.90 Å². The molecule has 2 N–H and O–H groups in total. The molecular weight excluding hydrogens is 230 g/mol. The van der Waals surface area contributed by atoms with Crippen LogP contribution < -0.4 is 5.32 Å². The fourth-order valence-electron chi connectivity index (χ4n) is 1.79. The standard InChI is InChI=1S/C13H17N3O2/c1-2-10(9-17)15-13(18)7-11-8-16-6-4-3-5-12(16)14-11/h3-6,8,10,17H,2,7,9H2,1H3,(H,15,18)/t10-/m0/s1. The van der Waals surface area contributed by atoms with Gasteiger partial charge in [-0.15, -0.1) is 0 Å². The number of nitrogens with one attached hydrogen (secondary N) is 1. The van der Waals surface area contributed by atoms with Crippen molar-refractivity contribution in [2.24, 2.45) is 0 Å². The summed E-state index contributed by atoms with van der Waals surface area (Å²) in [5.74, 6) is -0.112. The van der Waals surface area contributed by atoms with Crippen LogP contribution in [0.2, 0.25) is 0 Å². The minimum atomic E-state index is -0.172. The van der Waals surface area contributed by atoms with Gasteiger partial charge in [0.25, 0.3) is 0 Å². The molecule has 0 unspecified atom stereocenters. The number of imidazole rings is 1. The molecule has 0 aliphatic heterocycles. The molecule has 0 bridgehead atoms. The molecule has 2 heterocycles. The Balaban J connectivity index is 2.02. The number of rotatable bonds is 5. The number of aliphatic hydroxyl groups is 1. The minimum Gasteiger partial charge on any atom is -0.394 e. The van der Waals surface area contributed by atoms with Gasteiger partial charge >= 0.3 is 0 Å². The minimum absolute atomic E-state index is 0.0343. The predicted molar refractivity (Wildman–Crippen MR) is 68.2 cm³/mol. The number of nitrogens with zero attached hydrogens (tertiary/aromatic N) is 2. The van der Waals surface area contributed by atoms with Gasteiger partial charge in [0, 0.05) is 12.4 Å². The fourth-order valence-corrected chi connectivity index (χ4v) is 1.79. The van der Waals surface area contributed by atoms with E-state index in [4.69, 9.17) is 5.11 Å². The summed E-state index contributed by atoms with van der Waals surface area (Å²) >= 11 is 0. The molecule has 18 heavy (non-hydrogen) atoms. The van der Waals surface area contributed by atoms with Gasteiger partial charge in [0.05, 0.1) is 24.8 Å². The third kappa shape index (κ3) is 2.87. The molecular formula is C13H17N3O2. The number of hydrogen-bond donors (Lipinski definition) is 2. The lowest BCUT2D eigenvalue weighted by Crippen LogP contribution is -2.37. The van der Waals surface area contributed by atoms with E-state index in [2.05, 4.69) is 10.3 Å². The molecule has 1 amide bonds. The van der Waals surface area contributed by atoms with E-state index in [0.717, 1.165) is 11.3 Å². The summed E-state index contributed by atoms with van der Waals surface area (Å²) in [5.41, 5.74) is 1.56. The van der Waals surface area contributed by atoms with E-state index in [0.29, 0.717) is 6.42 Å². The third-order valence-corrected chi connectivity index (χ3v) is 2.83. The van der Waals surface area contributed by atoms with Crippen LogP contribution in [0, 0.1) is 0 Å². The van der Waals surface area contributed by atoms with E-state index in [1.165, 1.54) is 0 Å². The summed E-state index contributed by atoms with van der Waals surface area (Å²) in [6.07, 6.45) is 4.69. The second kappa shape index (κ2) is 5.64. The van der Waals surface area contributed by atoms with Crippen molar-refractivity contribution in [3.05, 3.63) is 36.3 Å². The Morgan fingerprint density at radius 3 is 3.06 bits per heavy atom. The highest BCUT2D eigenvalue weighted by molar-refractivity contribution is 5.78. The molecule has 96 valence electrons. The van der Waals surface area contributed by atoms with Crippen molar-refractivity contribution in [1.29, 1.82) is 0 Å². The van der Waals surface area contributed by atoms with Gasteiger partial charge in [0.2, 0.25) is 5.91 Å². The highest BCUT2D eigenvalue weighted by atomic mass is 16.3. The number of carbonyl (C=O) groups is 1. The number of fused-ring (bicyclic) bond motifs is 1. The topological polar surface area (TPSA) is 66.6 Å². The van der Waals surface area contributed by atoms with Crippen LogP contribution in [-0.4, -0.2) is 33.0 Å². The Morgan fingerprint density at radius 2 is 2.39 bits per heavy atom. The smallest absolute Gasteiger partial charge is 0.226 e. The number of amides is 1. The number of hydrogen-bond acceptors (Lipinski definition) is 3. The van der Waals surface area contributed by atoms with Crippen LogP contribution in [0.5, 0.6) is 0 Å². The van der Waals surface area contributed by atoms with E-state index < -0.39 is 0 Å². The zero-order valence-corrected chi connectivity index (χ0v) is 10.3. The summed E-state index contributed by atoms with van der Waals surface area (Å²) in [4.78, 5) is 16.1. The molecule has 2 rings (SSSR count). The molecule has 5 heteroatoms. The molecule has 2 aromatic rings. The van der Waals surface area contributed by atoms with Crippen LogP contribution in [-0.2, 0) is 11.2 Å². The molecule has 0 aliphatic carbocycles. The quantitative estimate of drug-likeness (QED) is 0.820. The van der Waals surface area contributed by atoms with E-state index >= 15 is 0 Å². The summed E-state index contributed by atoms with van der Waals surface area (Å²) in [6.45, 7) is 1.89. The first kappa shape index (κ1) is 12.6. The van der Waals surface area contributed by atoms with Gasteiger partial charge in [0.1, 0.15) is 5.65 Å². The molecule has 0 spiro atoms. The monoisotopic (exact) mass is 247 g/mol. The second-order valence-corrected chi connectivity index (χ2v) is 4.23. The lowest BCUT2D eigenvalue weighted by molar-refractivity contribution is -0.121. The van der Waals surface area contributed by atoms with Gasteiger partial charge in [-0.25, -0.2) is 4.98 Å². The van der Waals surface area contributed by atoms with E-state index in [1.54, 1.807) is 0 Å². The SMILES string of the molecule is CC[C@@H](CO)NC(=O)Cc1cn2ccccc2n1. The average Bonchev–Trinajstić information content (AvgIpc) is 2.77. The molecule has 1 atom stereocenters. The predicted octanol–water partition coefficient (Wildman–Crippen LogP) is 0.764. The largest absolute Gasteiger partial charge is 0.394 e. The molecule has 0 saturated heterocycles. The van der Waals surface area contributed by atoms with Gasteiger partial charge in [-0.2, -0.15) is 0 Å².